The molecular weight excluding hydrogens is 673 g/mol. The first-order chi connectivity index (χ1) is 27.2. The number of rotatable bonds is 5. The van der Waals surface area contributed by atoms with E-state index in [0.29, 0.717) is 23.4 Å². The van der Waals surface area contributed by atoms with Crippen LogP contribution in [0.5, 0.6) is 0 Å². The predicted octanol–water partition coefficient (Wildman–Crippen LogP) is 13.0. The van der Waals surface area contributed by atoms with Crippen LogP contribution in [0.15, 0.2) is 186 Å². The van der Waals surface area contributed by atoms with Crippen LogP contribution >= 0.6 is 0 Å². The molecule has 11 rings (SSSR count). The second-order valence-electron chi connectivity index (χ2n) is 13.8. The third kappa shape index (κ3) is 5.33. The standard InChI is InChI=1S/C50H30N4O/c1-3-12-34(13-4-1)47-52-48(39-18-9-17-37(30-39)38-24-21-31-11-7-8-16-36(31)29-38)54-49(53-47)42-20-10-19-41-40(42)27-25-32-22-23-33-26-28-43-46(45(33)44(32)41)55-50(51-43)35-14-5-2-6-15-35/h1-30H. The van der Waals surface area contributed by atoms with Crippen LogP contribution in [0, 0.1) is 0 Å². The topological polar surface area (TPSA) is 64.7 Å². The van der Waals surface area contributed by atoms with Crippen molar-refractivity contribution in [2.45, 2.75) is 0 Å². The van der Waals surface area contributed by atoms with E-state index in [0.717, 1.165) is 76.8 Å². The highest BCUT2D eigenvalue weighted by Gasteiger charge is 2.19. The Morgan fingerprint density at radius 1 is 0.327 bits per heavy atom. The van der Waals surface area contributed by atoms with Crippen LogP contribution in [0.4, 0.5) is 0 Å². The van der Waals surface area contributed by atoms with Crippen molar-refractivity contribution >= 4 is 54.2 Å². The van der Waals surface area contributed by atoms with Gasteiger partial charge in [0.15, 0.2) is 23.1 Å². The molecule has 0 aliphatic carbocycles. The molecule has 11 aromatic rings. The Bertz CT molecular complexity index is 3260. The molecule has 0 aliphatic rings. The summed E-state index contributed by atoms with van der Waals surface area (Å²) in [5.74, 6) is 2.46. The highest BCUT2D eigenvalue weighted by molar-refractivity contribution is 6.27. The van der Waals surface area contributed by atoms with Crippen molar-refractivity contribution in [2.24, 2.45) is 0 Å². The number of nitrogens with zero attached hydrogens (tertiary/aromatic N) is 4. The summed E-state index contributed by atoms with van der Waals surface area (Å²) in [6, 6.07) is 63.0. The molecule has 0 unspecified atom stereocenters. The average Bonchev–Trinajstić information content (AvgIpc) is 3.71. The van der Waals surface area contributed by atoms with Crippen molar-refractivity contribution in [3.63, 3.8) is 0 Å². The number of aromatic nitrogens is 4. The SMILES string of the molecule is c1ccc(-c2nc(-c3cccc(-c4ccc5ccccc5c4)c3)nc(-c3cccc4c3ccc3ccc5ccc6nc(-c7ccccc7)oc6c5c34)n2)cc1. The summed E-state index contributed by atoms with van der Waals surface area (Å²) in [5.41, 5.74) is 7.57. The molecule has 256 valence electrons. The predicted molar refractivity (Wildman–Crippen MR) is 225 cm³/mol. The molecule has 0 saturated heterocycles. The molecule has 0 bridgehead atoms. The summed E-state index contributed by atoms with van der Waals surface area (Å²) in [6.45, 7) is 0. The van der Waals surface area contributed by atoms with E-state index in [1.165, 1.54) is 10.8 Å². The third-order valence-corrected chi connectivity index (χ3v) is 10.5. The molecule has 0 atom stereocenters. The van der Waals surface area contributed by atoms with Crippen LogP contribution in [0.3, 0.4) is 0 Å². The largest absolute Gasteiger partial charge is 0.435 e. The second-order valence-corrected chi connectivity index (χ2v) is 13.8. The molecule has 55 heavy (non-hydrogen) atoms. The zero-order valence-electron chi connectivity index (χ0n) is 29.5. The minimum atomic E-state index is 0.608. The lowest BCUT2D eigenvalue weighted by atomic mass is 9.93. The third-order valence-electron chi connectivity index (χ3n) is 10.5. The van der Waals surface area contributed by atoms with E-state index in [1.54, 1.807) is 0 Å². The maximum atomic E-state index is 6.59. The quantitative estimate of drug-likeness (QED) is 0.167. The summed E-state index contributed by atoms with van der Waals surface area (Å²) < 4.78 is 6.59. The van der Waals surface area contributed by atoms with Crippen molar-refractivity contribution in [1.29, 1.82) is 0 Å². The fourth-order valence-electron chi connectivity index (χ4n) is 7.82. The number of benzene rings is 9. The van der Waals surface area contributed by atoms with Crippen molar-refractivity contribution in [3.05, 3.63) is 182 Å². The molecule has 0 N–H and O–H groups in total. The minimum Gasteiger partial charge on any atom is -0.435 e. The molecule has 0 aliphatic heterocycles. The molecule has 9 aromatic carbocycles. The molecule has 5 heteroatoms. The Labute approximate surface area is 316 Å². The number of hydrogen-bond acceptors (Lipinski definition) is 5. The lowest BCUT2D eigenvalue weighted by molar-refractivity contribution is 0.623. The van der Waals surface area contributed by atoms with Gasteiger partial charge < -0.3 is 4.42 Å². The number of oxazole rings is 1. The Hall–Kier alpha value is -7.50. The van der Waals surface area contributed by atoms with E-state index >= 15 is 0 Å². The Morgan fingerprint density at radius 3 is 1.76 bits per heavy atom. The minimum absolute atomic E-state index is 0.608. The fraction of sp³-hybridized carbons (Fsp3) is 0. The van der Waals surface area contributed by atoms with Gasteiger partial charge in [-0.15, -0.1) is 0 Å². The van der Waals surface area contributed by atoms with Gasteiger partial charge in [0.25, 0.3) is 0 Å². The van der Waals surface area contributed by atoms with Crippen molar-refractivity contribution < 1.29 is 4.42 Å². The van der Waals surface area contributed by atoms with Gasteiger partial charge in [0.2, 0.25) is 5.89 Å². The first-order valence-corrected chi connectivity index (χ1v) is 18.4. The van der Waals surface area contributed by atoms with Crippen molar-refractivity contribution in [2.75, 3.05) is 0 Å². The van der Waals surface area contributed by atoms with Gasteiger partial charge in [-0.3, -0.25) is 0 Å². The van der Waals surface area contributed by atoms with Gasteiger partial charge in [0, 0.05) is 33.0 Å². The van der Waals surface area contributed by atoms with E-state index < -0.39 is 0 Å². The van der Waals surface area contributed by atoms with Gasteiger partial charge in [0.05, 0.1) is 0 Å². The summed E-state index contributed by atoms with van der Waals surface area (Å²) in [4.78, 5) is 20.3. The second kappa shape index (κ2) is 12.6. The highest BCUT2D eigenvalue weighted by Crippen LogP contribution is 2.40. The molecule has 0 radical (unpaired) electrons. The Kier molecular flexibility index (Phi) is 7.10. The van der Waals surface area contributed by atoms with E-state index in [9.17, 15) is 0 Å². The van der Waals surface area contributed by atoms with Gasteiger partial charge in [-0.1, -0.05) is 152 Å². The zero-order valence-corrected chi connectivity index (χ0v) is 29.5. The molecule has 2 aromatic heterocycles. The molecule has 0 fully saturated rings. The molecule has 5 nitrogen and oxygen atoms in total. The van der Waals surface area contributed by atoms with Gasteiger partial charge in [-0.25, -0.2) is 19.9 Å². The molecule has 2 heterocycles. The van der Waals surface area contributed by atoms with Crippen LogP contribution in [0.1, 0.15) is 0 Å². The van der Waals surface area contributed by atoms with E-state index in [1.807, 2.05) is 66.7 Å². The van der Waals surface area contributed by atoms with Gasteiger partial charge in [-0.2, -0.15) is 0 Å². The summed E-state index contributed by atoms with van der Waals surface area (Å²) >= 11 is 0. The number of hydrogen-bond donors (Lipinski definition) is 0. The van der Waals surface area contributed by atoms with Crippen molar-refractivity contribution in [3.8, 4) is 56.7 Å². The van der Waals surface area contributed by atoms with E-state index in [2.05, 4.69) is 115 Å². The highest BCUT2D eigenvalue weighted by atomic mass is 16.3. The molecule has 0 amide bonds. The van der Waals surface area contributed by atoms with E-state index in [-0.39, 0.29) is 0 Å². The maximum absolute atomic E-state index is 6.59. The molecular formula is C50H30N4O. The first kappa shape index (κ1) is 31.1. The summed E-state index contributed by atoms with van der Waals surface area (Å²) in [5, 5.41) is 8.92. The van der Waals surface area contributed by atoms with Crippen molar-refractivity contribution in [1.82, 2.24) is 19.9 Å². The lowest BCUT2D eigenvalue weighted by Gasteiger charge is -2.13. The van der Waals surface area contributed by atoms with Crippen LogP contribution in [0.2, 0.25) is 0 Å². The molecule has 0 spiro atoms. The Balaban J connectivity index is 1.12. The lowest BCUT2D eigenvalue weighted by Crippen LogP contribution is -2.00. The summed E-state index contributed by atoms with van der Waals surface area (Å²) in [7, 11) is 0. The van der Waals surface area contributed by atoms with Gasteiger partial charge in [0.1, 0.15) is 5.52 Å². The average molecular weight is 703 g/mol. The monoisotopic (exact) mass is 702 g/mol. The van der Waals surface area contributed by atoms with Gasteiger partial charge in [-0.05, 0) is 73.8 Å². The summed E-state index contributed by atoms with van der Waals surface area (Å²) in [6.07, 6.45) is 0. The van der Waals surface area contributed by atoms with Crippen LogP contribution in [-0.4, -0.2) is 19.9 Å². The van der Waals surface area contributed by atoms with Crippen LogP contribution < -0.4 is 0 Å². The van der Waals surface area contributed by atoms with Crippen LogP contribution in [0.25, 0.3) is 111 Å². The normalized spacial score (nSPS) is 11.6. The maximum Gasteiger partial charge on any atom is 0.227 e. The zero-order chi connectivity index (χ0) is 36.3. The number of fused-ring (bicyclic) bond motifs is 8. The fourth-order valence-corrected chi connectivity index (χ4v) is 7.82. The van der Waals surface area contributed by atoms with Gasteiger partial charge >= 0.3 is 0 Å². The molecule has 0 saturated carbocycles. The Morgan fingerprint density at radius 2 is 0.927 bits per heavy atom. The first-order valence-electron chi connectivity index (χ1n) is 18.4. The van der Waals surface area contributed by atoms with Crippen LogP contribution in [-0.2, 0) is 0 Å². The van der Waals surface area contributed by atoms with E-state index in [4.69, 9.17) is 24.4 Å². The smallest absolute Gasteiger partial charge is 0.227 e.